The van der Waals surface area contributed by atoms with Gasteiger partial charge in [-0.2, -0.15) is 0 Å². The molecule has 0 aliphatic carbocycles. The monoisotopic (exact) mass is 194 g/mol. The van der Waals surface area contributed by atoms with Crippen LogP contribution >= 0.6 is 34.8 Å². The van der Waals surface area contributed by atoms with Crippen molar-refractivity contribution in [2.75, 3.05) is 0 Å². The van der Waals surface area contributed by atoms with E-state index in [2.05, 4.69) is 0 Å². The summed E-state index contributed by atoms with van der Waals surface area (Å²) in [4.78, 5) is -0.461. The Labute approximate surface area is 74.7 Å². The van der Waals surface area contributed by atoms with Crippen LogP contribution in [0.5, 0.6) is 0 Å². The lowest BCUT2D eigenvalue weighted by Crippen LogP contribution is -1.78. The van der Waals surface area contributed by atoms with E-state index in [0.717, 1.165) is 5.56 Å². The van der Waals surface area contributed by atoms with Crippen molar-refractivity contribution in [3.8, 4) is 0 Å². The van der Waals surface area contributed by atoms with E-state index in [4.69, 9.17) is 34.8 Å². The van der Waals surface area contributed by atoms with Crippen molar-refractivity contribution in [1.29, 1.82) is 0 Å². The van der Waals surface area contributed by atoms with Gasteiger partial charge >= 0.3 is 0 Å². The van der Waals surface area contributed by atoms with Crippen LogP contribution in [-0.2, 0) is 0 Å². The van der Waals surface area contributed by atoms with E-state index in [1.54, 1.807) is 24.3 Å². The normalized spacial score (nSPS) is 10.4. The fourth-order valence-electron chi connectivity index (χ4n) is 0.608. The minimum Gasteiger partial charge on any atom is -0.100 e. The van der Waals surface area contributed by atoms with Crippen molar-refractivity contribution >= 4 is 34.8 Å². The summed E-state index contributed by atoms with van der Waals surface area (Å²) in [6.45, 7) is 0. The molecule has 0 fully saturated rings. The van der Waals surface area contributed by atoms with Gasteiger partial charge in [0.25, 0.3) is 0 Å². The smallest absolute Gasteiger partial charge is 0.100 e. The summed E-state index contributed by atoms with van der Waals surface area (Å²) < 4.78 is 0. The fraction of sp³-hybridized carbons (Fsp3) is 0.143. The molecule has 0 N–H and O–H groups in total. The number of hydrogen-bond donors (Lipinski definition) is 0. The molecule has 1 rings (SSSR count). The van der Waals surface area contributed by atoms with E-state index < -0.39 is 4.84 Å². The van der Waals surface area contributed by atoms with E-state index in [1.807, 2.05) is 0 Å². The van der Waals surface area contributed by atoms with Crippen LogP contribution in [0.4, 0.5) is 0 Å². The highest BCUT2D eigenvalue weighted by atomic mass is 35.5. The lowest BCUT2D eigenvalue weighted by Gasteiger charge is -1.99. The zero-order chi connectivity index (χ0) is 7.56. The molecule has 0 unspecified atom stereocenters. The van der Waals surface area contributed by atoms with Gasteiger partial charge in [0.15, 0.2) is 0 Å². The maximum atomic E-state index is 5.63. The topological polar surface area (TPSA) is 0 Å². The Kier molecular flexibility index (Phi) is 2.84. The van der Waals surface area contributed by atoms with E-state index in [1.165, 1.54) is 0 Å². The average Bonchev–Trinajstić information content (AvgIpc) is 1.88. The van der Waals surface area contributed by atoms with Gasteiger partial charge in [-0.15, -0.1) is 23.2 Å². The Morgan fingerprint density at radius 2 is 1.50 bits per heavy atom. The molecule has 0 aliphatic rings. The lowest BCUT2D eigenvalue weighted by molar-refractivity contribution is 1.35. The molecule has 10 heavy (non-hydrogen) atoms. The minimum absolute atomic E-state index is 0.461. The molecule has 0 spiro atoms. The van der Waals surface area contributed by atoms with E-state index in [0.29, 0.717) is 5.02 Å². The van der Waals surface area contributed by atoms with Crippen molar-refractivity contribution in [2.24, 2.45) is 0 Å². The van der Waals surface area contributed by atoms with Crippen molar-refractivity contribution < 1.29 is 0 Å². The van der Waals surface area contributed by atoms with Crippen molar-refractivity contribution in [2.45, 2.75) is 4.84 Å². The maximum absolute atomic E-state index is 5.63. The molecule has 0 aliphatic heterocycles. The first kappa shape index (κ1) is 8.19. The first-order valence-electron chi connectivity index (χ1n) is 2.74. The molecule has 0 heterocycles. The van der Waals surface area contributed by atoms with Crippen LogP contribution in [0.3, 0.4) is 0 Å². The van der Waals surface area contributed by atoms with Gasteiger partial charge < -0.3 is 0 Å². The number of alkyl halides is 2. The molecule has 1 aromatic rings. The average molecular weight is 195 g/mol. The quantitative estimate of drug-likeness (QED) is 0.598. The molecule has 0 aromatic heterocycles. The third kappa shape index (κ3) is 2.05. The molecule has 3 heteroatoms. The van der Waals surface area contributed by atoms with Crippen LogP contribution < -0.4 is 0 Å². The van der Waals surface area contributed by atoms with E-state index in [-0.39, 0.29) is 0 Å². The van der Waals surface area contributed by atoms with Gasteiger partial charge in [0.1, 0.15) is 4.84 Å². The number of halogens is 3. The Balaban J connectivity index is 2.89. The van der Waals surface area contributed by atoms with Crippen molar-refractivity contribution in [3.05, 3.63) is 34.9 Å². The second-order valence-electron chi connectivity index (χ2n) is 1.85. The van der Waals surface area contributed by atoms with Crippen molar-refractivity contribution in [3.63, 3.8) is 0 Å². The zero-order valence-corrected chi connectivity index (χ0v) is 7.29. The molecule has 0 bridgehead atoms. The predicted octanol–water partition coefficient (Wildman–Crippen LogP) is 3.82. The van der Waals surface area contributed by atoms with Crippen LogP contribution in [0.1, 0.15) is 10.4 Å². The summed E-state index contributed by atoms with van der Waals surface area (Å²) >= 11 is 16.8. The van der Waals surface area contributed by atoms with E-state index in [9.17, 15) is 0 Å². The number of hydrogen-bond acceptors (Lipinski definition) is 0. The third-order valence-corrected chi connectivity index (χ3v) is 1.88. The summed E-state index contributed by atoms with van der Waals surface area (Å²) in [7, 11) is 0. The second-order valence-corrected chi connectivity index (χ2v) is 3.38. The van der Waals surface area contributed by atoms with Crippen LogP contribution in [-0.4, -0.2) is 0 Å². The maximum Gasteiger partial charge on any atom is 0.132 e. The summed E-state index contributed by atoms with van der Waals surface area (Å²) in [5.74, 6) is 0. The number of rotatable bonds is 1. The SMILES string of the molecule is Clc1ccc(C(Cl)Cl)cc1. The van der Waals surface area contributed by atoms with Crippen molar-refractivity contribution in [1.82, 2.24) is 0 Å². The molecule has 0 saturated heterocycles. The van der Waals surface area contributed by atoms with Gasteiger partial charge in [0.2, 0.25) is 0 Å². The largest absolute Gasteiger partial charge is 0.132 e. The van der Waals surface area contributed by atoms with Crippen LogP contribution in [0, 0.1) is 0 Å². The third-order valence-electron chi connectivity index (χ3n) is 1.12. The summed E-state index contributed by atoms with van der Waals surface area (Å²) in [6, 6.07) is 7.11. The molecular formula is C7H5Cl3. The van der Waals surface area contributed by atoms with Gasteiger partial charge in [-0.1, -0.05) is 23.7 Å². The highest BCUT2D eigenvalue weighted by molar-refractivity contribution is 6.44. The highest BCUT2D eigenvalue weighted by Gasteiger charge is 2.00. The zero-order valence-electron chi connectivity index (χ0n) is 5.02. The molecular weight excluding hydrogens is 190 g/mol. The molecule has 0 amide bonds. The Hall–Kier alpha value is 0.0900. The van der Waals surface area contributed by atoms with Gasteiger partial charge in [-0.25, -0.2) is 0 Å². The Bertz CT molecular complexity index is 203. The summed E-state index contributed by atoms with van der Waals surface area (Å²) in [5, 5.41) is 0.692. The standard InChI is InChI=1S/C7H5Cl3/c8-6-3-1-5(2-4-6)7(9)10/h1-4,7H. The predicted molar refractivity (Wildman–Crippen MR) is 45.9 cm³/mol. The first-order valence-corrected chi connectivity index (χ1v) is 3.99. The Morgan fingerprint density at radius 1 is 1.00 bits per heavy atom. The first-order chi connectivity index (χ1) is 4.70. The lowest BCUT2D eigenvalue weighted by atomic mass is 10.2. The minimum atomic E-state index is -0.461. The molecule has 0 saturated carbocycles. The molecule has 54 valence electrons. The van der Waals surface area contributed by atoms with Gasteiger partial charge in [0, 0.05) is 5.02 Å². The van der Waals surface area contributed by atoms with E-state index >= 15 is 0 Å². The summed E-state index contributed by atoms with van der Waals surface area (Å²) in [6.07, 6.45) is 0. The van der Waals surface area contributed by atoms with Crippen LogP contribution in [0.15, 0.2) is 24.3 Å². The molecule has 0 radical (unpaired) electrons. The highest BCUT2D eigenvalue weighted by Crippen LogP contribution is 2.25. The Morgan fingerprint density at radius 3 is 1.90 bits per heavy atom. The molecule has 1 aromatic carbocycles. The summed E-state index contributed by atoms with van der Waals surface area (Å²) in [5.41, 5.74) is 0.868. The molecule has 0 atom stereocenters. The van der Waals surface area contributed by atoms with Gasteiger partial charge in [-0.3, -0.25) is 0 Å². The van der Waals surface area contributed by atoms with Crippen LogP contribution in [0.2, 0.25) is 5.02 Å². The fourth-order valence-corrected chi connectivity index (χ4v) is 1.03. The van der Waals surface area contributed by atoms with Crippen LogP contribution in [0.25, 0.3) is 0 Å². The molecule has 0 nitrogen and oxygen atoms in total. The van der Waals surface area contributed by atoms with Gasteiger partial charge in [0.05, 0.1) is 0 Å². The second kappa shape index (κ2) is 3.47. The van der Waals surface area contributed by atoms with Gasteiger partial charge in [-0.05, 0) is 17.7 Å². The number of benzene rings is 1.